The Labute approximate surface area is 187 Å². The van der Waals surface area contributed by atoms with E-state index in [9.17, 15) is 9.59 Å². The molecule has 0 unspecified atom stereocenters. The van der Waals surface area contributed by atoms with Gasteiger partial charge in [-0.1, -0.05) is 12.1 Å². The number of ether oxygens (including phenoxy) is 3. The molecule has 2 aromatic rings. The molecule has 0 spiro atoms. The van der Waals surface area contributed by atoms with Crippen molar-refractivity contribution in [3.63, 3.8) is 0 Å². The molecule has 2 heterocycles. The van der Waals surface area contributed by atoms with Crippen LogP contribution in [0.3, 0.4) is 0 Å². The van der Waals surface area contributed by atoms with Gasteiger partial charge in [-0.05, 0) is 24.3 Å². The van der Waals surface area contributed by atoms with Crippen LogP contribution in [0, 0.1) is 0 Å². The Morgan fingerprint density at radius 2 is 1.72 bits per heavy atom. The maximum atomic E-state index is 12.2. The summed E-state index contributed by atoms with van der Waals surface area (Å²) in [6, 6.07) is 13.1. The Kier molecular flexibility index (Phi) is 6.96. The number of benzene rings is 2. The molecule has 0 saturated carbocycles. The fourth-order valence-corrected chi connectivity index (χ4v) is 3.82. The predicted molar refractivity (Wildman–Crippen MR) is 121 cm³/mol. The van der Waals surface area contributed by atoms with E-state index in [2.05, 4.69) is 26.5 Å². The number of nitrogens with one attached hydrogen (secondary N) is 2. The summed E-state index contributed by atoms with van der Waals surface area (Å²) in [7, 11) is 1.68. The molecule has 0 atom stereocenters. The van der Waals surface area contributed by atoms with E-state index in [0.717, 1.165) is 37.6 Å². The molecule has 0 radical (unpaired) electrons. The number of hydrogen-bond donors (Lipinski definition) is 2. The van der Waals surface area contributed by atoms with Gasteiger partial charge in [-0.15, -0.1) is 0 Å². The number of carbonyl (C=O) groups excluding carboxylic acids is 2. The van der Waals surface area contributed by atoms with E-state index >= 15 is 0 Å². The second kappa shape index (κ2) is 10.2. The van der Waals surface area contributed by atoms with E-state index in [-0.39, 0.29) is 0 Å². The average molecular weight is 441 g/mol. The van der Waals surface area contributed by atoms with E-state index in [0.29, 0.717) is 43.5 Å². The van der Waals surface area contributed by atoms with Gasteiger partial charge in [-0.2, -0.15) is 0 Å². The minimum absolute atomic E-state index is 0.405. The van der Waals surface area contributed by atoms with Crippen LogP contribution in [-0.4, -0.2) is 76.3 Å². The van der Waals surface area contributed by atoms with E-state index in [1.807, 2.05) is 18.2 Å². The Hall–Kier alpha value is -3.46. The molecular weight excluding hydrogens is 412 g/mol. The van der Waals surface area contributed by atoms with Gasteiger partial charge in [0.2, 0.25) is 0 Å². The summed E-state index contributed by atoms with van der Waals surface area (Å²) in [4.78, 5) is 28.9. The highest BCUT2D eigenvalue weighted by molar-refractivity contribution is 6.39. The highest BCUT2D eigenvalue weighted by Crippen LogP contribution is 2.32. The lowest BCUT2D eigenvalue weighted by molar-refractivity contribution is -0.136. The molecule has 32 heavy (non-hydrogen) atoms. The smallest absolute Gasteiger partial charge is 0.313 e. The molecule has 1 fully saturated rings. The zero-order chi connectivity index (χ0) is 22.3. The van der Waals surface area contributed by atoms with Gasteiger partial charge in [0, 0.05) is 51.0 Å². The summed E-state index contributed by atoms with van der Waals surface area (Å²) in [5, 5.41) is 5.29. The molecule has 2 N–H and O–H groups in total. The molecule has 0 bridgehead atoms. The summed E-state index contributed by atoms with van der Waals surface area (Å²) in [6.45, 7) is 5.53. The van der Waals surface area contributed by atoms with E-state index in [1.165, 1.54) is 0 Å². The standard InChI is InChI=1S/C23H28N4O5/c1-30-19-5-3-2-4-18(19)27-12-10-26(11-13-27)9-8-24-22(28)23(29)25-17-6-7-20-21(16-17)32-15-14-31-20/h2-7,16H,8-15H2,1H3,(H,24,28)(H,25,29). The van der Waals surface area contributed by atoms with Crippen LogP contribution in [0.5, 0.6) is 17.2 Å². The van der Waals surface area contributed by atoms with Gasteiger partial charge < -0.3 is 29.7 Å². The van der Waals surface area contributed by atoms with Crippen molar-refractivity contribution in [3.8, 4) is 17.2 Å². The monoisotopic (exact) mass is 440 g/mol. The lowest BCUT2D eigenvalue weighted by Crippen LogP contribution is -2.49. The minimum Gasteiger partial charge on any atom is -0.495 e. The molecule has 9 nitrogen and oxygen atoms in total. The summed E-state index contributed by atoms with van der Waals surface area (Å²) in [5.74, 6) is 0.693. The van der Waals surface area contributed by atoms with Crippen molar-refractivity contribution in [3.05, 3.63) is 42.5 Å². The second-order valence-electron chi connectivity index (χ2n) is 7.57. The fourth-order valence-electron chi connectivity index (χ4n) is 3.82. The highest BCUT2D eigenvalue weighted by atomic mass is 16.6. The van der Waals surface area contributed by atoms with E-state index < -0.39 is 11.8 Å². The molecule has 2 aliphatic heterocycles. The van der Waals surface area contributed by atoms with Crippen LogP contribution >= 0.6 is 0 Å². The van der Waals surface area contributed by atoms with Crippen molar-refractivity contribution in [1.82, 2.24) is 10.2 Å². The third kappa shape index (κ3) is 5.23. The fraction of sp³-hybridized carbons (Fsp3) is 0.391. The first kappa shape index (κ1) is 21.8. The van der Waals surface area contributed by atoms with Crippen LogP contribution in [0.15, 0.2) is 42.5 Å². The zero-order valence-corrected chi connectivity index (χ0v) is 18.1. The Balaban J connectivity index is 1.19. The summed E-state index contributed by atoms with van der Waals surface area (Å²) < 4.78 is 16.4. The van der Waals surface area contributed by atoms with Crippen molar-refractivity contribution in [2.75, 3.05) is 69.8 Å². The zero-order valence-electron chi connectivity index (χ0n) is 18.1. The number of anilines is 2. The largest absolute Gasteiger partial charge is 0.495 e. The number of hydrogen-bond acceptors (Lipinski definition) is 7. The number of methoxy groups -OCH3 is 1. The van der Waals surface area contributed by atoms with Crippen LogP contribution < -0.4 is 29.7 Å². The Morgan fingerprint density at radius 3 is 2.50 bits per heavy atom. The molecule has 0 aliphatic carbocycles. The van der Waals surface area contributed by atoms with Gasteiger partial charge in [0.05, 0.1) is 12.8 Å². The third-order valence-electron chi connectivity index (χ3n) is 5.52. The molecule has 9 heteroatoms. The third-order valence-corrected chi connectivity index (χ3v) is 5.52. The summed E-state index contributed by atoms with van der Waals surface area (Å²) >= 11 is 0. The van der Waals surface area contributed by atoms with Crippen LogP contribution in [-0.2, 0) is 9.59 Å². The van der Waals surface area contributed by atoms with Crippen molar-refractivity contribution < 1.29 is 23.8 Å². The first-order valence-corrected chi connectivity index (χ1v) is 10.7. The van der Waals surface area contributed by atoms with Crippen molar-refractivity contribution in [2.45, 2.75) is 0 Å². The molecule has 1 saturated heterocycles. The normalized spacial score (nSPS) is 15.7. The van der Waals surface area contributed by atoms with Gasteiger partial charge >= 0.3 is 11.8 Å². The maximum absolute atomic E-state index is 12.2. The Bertz CT molecular complexity index is 959. The molecule has 2 aliphatic rings. The summed E-state index contributed by atoms with van der Waals surface area (Å²) in [5.41, 5.74) is 1.58. The number of para-hydroxylation sites is 2. The summed E-state index contributed by atoms with van der Waals surface area (Å²) in [6.07, 6.45) is 0. The molecule has 170 valence electrons. The number of carbonyl (C=O) groups is 2. The van der Waals surface area contributed by atoms with Crippen LogP contribution in [0.4, 0.5) is 11.4 Å². The minimum atomic E-state index is -0.706. The lowest BCUT2D eigenvalue weighted by Gasteiger charge is -2.36. The van der Waals surface area contributed by atoms with Crippen LogP contribution in [0.1, 0.15) is 0 Å². The second-order valence-corrected chi connectivity index (χ2v) is 7.57. The van der Waals surface area contributed by atoms with Crippen molar-refractivity contribution >= 4 is 23.2 Å². The lowest BCUT2D eigenvalue weighted by atomic mass is 10.2. The van der Waals surface area contributed by atoms with Crippen LogP contribution in [0.25, 0.3) is 0 Å². The molecule has 2 aromatic carbocycles. The number of amides is 2. The Morgan fingerprint density at radius 1 is 0.969 bits per heavy atom. The van der Waals surface area contributed by atoms with Gasteiger partial charge in [0.15, 0.2) is 11.5 Å². The van der Waals surface area contributed by atoms with Gasteiger partial charge in [0.1, 0.15) is 19.0 Å². The first-order chi connectivity index (χ1) is 15.6. The first-order valence-electron chi connectivity index (χ1n) is 10.7. The number of rotatable bonds is 6. The molecule has 2 amide bonds. The number of piperazine rings is 1. The number of nitrogens with zero attached hydrogens (tertiary/aromatic N) is 2. The topological polar surface area (TPSA) is 92.4 Å². The van der Waals surface area contributed by atoms with Gasteiger partial charge in [-0.25, -0.2) is 0 Å². The highest BCUT2D eigenvalue weighted by Gasteiger charge is 2.20. The van der Waals surface area contributed by atoms with E-state index in [4.69, 9.17) is 14.2 Å². The van der Waals surface area contributed by atoms with E-state index in [1.54, 1.807) is 25.3 Å². The average Bonchev–Trinajstić information content (AvgIpc) is 2.84. The van der Waals surface area contributed by atoms with Gasteiger partial charge in [-0.3, -0.25) is 14.5 Å². The quantitative estimate of drug-likeness (QED) is 0.655. The molecule has 4 rings (SSSR count). The predicted octanol–water partition coefficient (Wildman–Crippen LogP) is 1.34. The van der Waals surface area contributed by atoms with Crippen LogP contribution in [0.2, 0.25) is 0 Å². The SMILES string of the molecule is COc1ccccc1N1CCN(CCNC(=O)C(=O)Nc2ccc3c(c2)OCCO3)CC1. The van der Waals surface area contributed by atoms with Gasteiger partial charge in [0.25, 0.3) is 0 Å². The number of fused-ring (bicyclic) bond motifs is 1. The van der Waals surface area contributed by atoms with Crippen molar-refractivity contribution in [1.29, 1.82) is 0 Å². The maximum Gasteiger partial charge on any atom is 0.313 e. The molecular formula is C23H28N4O5. The molecule has 0 aromatic heterocycles. The van der Waals surface area contributed by atoms with Crippen molar-refractivity contribution in [2.24, 2.45) is 0 Å².